The number of ether oxygens (including phenoxy) is 1. The van der Waals surface area contributed by atoms with E-state index in [9.17, 15) is 22.4 Å². The van der Waals surface area contributed by atoms with Gasteiger partial charge in [0, 0.05) is 11.7 Å². The van der Waals surface area contributed by atoms with Crippen molar-refractivity contribution in [3.05, 3.63) is 35.6 Å². The van der Waals surface area contributed by atoms with Crippen LogP contribution in [0, 0.1) is 5.82 Å². The van der Waals surface area contributed by atoms with Crippen LogP contribution in [0.1, 0.15) is 39.2 Å². The third-order valence-electron chi connectivity index (χ3n) is 4.11. The summed E-state index contributed by atoms with van der Waals surface area (Å²) in [5, 5.41) is 1.31. The van der Waals surface area contributed by atoms with Crippen molar-refractivity contribution in [1.29, 1.82) is 0 Å². The van der Waals surface area contributed by atoms with Crippen LogP contribution in [0.2, 0.25) is 0 Å². The smallest absolute Gasteiger partial charge is 0.408 e. The molecule has 1 N–H and O–H groups in total. The molecule has 0 unspecified atom stereocenters. The normalized spacial score (nSPS) is 26.0. The fourth-order valence-electron chi connectivity index (χ4n) is 2.98. The van der Waals surface area contributed by atoms with E-state index < -0.39 is 44.1 Å². The Morgan fingerprint density at radius 1 is 1.32 bits per heavy atom. The Morgan fingerprint density at radius 3 is 2.32 bits per heavy atom. The zero-order valence-corrected chi connectivity index (χ0v) is 15.4. The number of benzene rings is 1. The van der Waals surface area contributed by atoms with Crippen molar-refractivity contribution in [3.63, 3.8) is 0 Å². The molecule has 1 aliphatic rings. The number of amides is 1. The Kier molecular flexibility index (Phi) is 4.96. The van der Waals surface area contributed by atoms with Gasteiger partial charge >= 0.3 is 6.09 Å². The Hall–Kier alpha value is -1.96. The van der Waals surface area contributed by atoms with E-state index in [4.69, 9.17) is 4.74 Å². The number of halogens is 1. The average Bonchev–Trinajstić information content (AvgIpc) is 3.15. The number of alkyl carbamates (subject to hydrolysis) is 1. The zero-order chi connectivity index (χ0) is 19.0. The molecule has 0 bridgehead atoms. The lowest BCUT2D eigenvalue weighted by molar-refractivity contribution is -0.110. The second-order valence-electron chi connectivity index (χ2n) is 7.08. The standard InChI is InChI=1S/C17H22FNO5S/c1-5-25(22,23)14-13(11-6-8-12(18)9-7-11)17(14,10-20)19-15(21)24-16(2,3)4/h6-10,13-14H,5H2,1-4H3,(H,19,21)/t13-,14-,17-/m1/s1. The van der Waals surface area contributed by atoms with Crippen LogP contribution in [-0.4, -0.2) is 42.9 Å². The first-order valence-corrected chi connectivity index (χ1v) is 9.63. The number of hydrogen-bond donors (Lipinski definition) is 1. The summed E-state index contributed by atoms with van der Waals surface area (Å²) in [6.07, 6.45) is -0.441. The van der Waals surface area contributed by atoms with Gasteiger partial charge in [-0.15, -0.1) is 0 Å². The highest BCUT2D eigenvalue weighted by Gasteiger charge is 2.72. The van der Waals surface area contributed by atoms with Crippen LogP contribution < -0.4 is 5.32 Å². The molecule has 8 heteroatoms. The third-order valence-corrected chi connectivity index (χ3v) is 6.35. The highest BCUT2D eigenvalue weighted by Crippen LogP contribution is 2.55. The molecule has 0 radical (unpaired) electrons. The SMILES string of the molecule is CCS(=O)(=O)[C@@H]1[C@@H](c2ccc(F)cc2)[C@@]1(C=O)NC(=O)OC(C)(C)C. The van der Waals surface area contributed by atoms with Gasteiger partial charge in [0.1, 0.15) is 28.5 Å². The molecule has 138 valence electrons. The van der Waals surface area contributed by atoms with Crippen LogP contribution in [0.4, 0.5) is 9.18 Å². The van der Waals surface area contributed by atoms with Crippen LogP contribution in [-0.2, 0) is 19.4 Å². The summed E-state index contributed by atoms with van der Waals surface area (Å²) >= 11 is 0. The Labute approximate surface area is 146 Å². The van der Waals surface area contributed by atoms with Gasteiger partial charge in [-0.3, -0.25) is 0 Å². The number of carbonyl (C=O) groups is 2. The van der Waals surface area contributed by atoms with Gasteiger partial charge in [0.05, 0.1) is 0 Å². The van der Waals surface area contributed by atoms with Crippen LogP contribution in [0.3, 0.4) is 0 Å². The van der Waals surface area contributed by atoms with E-state index in [2.05, 4.69) is 5.32 Å². The molecule has 25 heavy (non-hydrogen) atoms. The summed E-state index contributed by atoms with van der Waals surface area (Å²) in [6, 6.07) is 5.21. The fourth-order valence-corrected chi connectivity index (χ4v) is 4.91. The van der Waals surface area contributed by atoms with E-state index in [1.54, 1.807) is 20.8 Å². The molecule has 1 aromatic rings. The summed E-state index contributed by atoms with van der Waals surface area (Å²) in [7, 11) is -3.64. The molecule has 6 nitrogen and oxygen atoms in total. The second-order valence-corrected chi connectivity index (χ2v) is 9.49. The number of rotatable bonds is 5. The van der Waals surface area contributed by atoms with Gasteiger partial charge in [-0.2, -0.15) is 0 Å². The molecule has 2 rings (SSSR count). The number of sulfone groups is 1. The van der Waals surface area contributed by atoms with Crippen molar-refractivity contribution in [1.82, 2.24) is 5.32 Å². The largest absolute Gasteiger partial charge is 0.444 e. The van der Waals surface area contributed by atoms with Gasteiger partial charge < -0.3 is 14.8 Å². The maximum atomic E-state index is 13.2. The summed E-state index contributed by atoms with van der Waals surface area (Å²) < 4.78 is 43.2. The van der Waals surface area contributed by atoms with Crippen LogP contribution in [0.25, 0.3) is 0 Å². The highest BCUT2D eigenvalue weighted by molar-refractivity contribution is 7.92. The number of carbonyl (C=O) groups excluding carboxylic acids is 2. The Bertz CT molecular complexity index is 769. The topological polar surface area (TPSA) is 89.5 Å². The summed E-state index contributed by atoms with van der Waals surface area (Å²) in [5.74, 6) is -1.44. The average molecular weight is 371 g/mol. The van der Waals surface area contributed by atoms with Crippen molar-refractivity contribution in [2.75, 3.05) is 5.75 Å². The molecule has 1 aliphatic carbocycles. The third kappa shape index (κ3) is 3.84. The molecule has 0 heterocycles. The van der Waals surface area contributed by atoms with E-state index in [1.807, 2.05) is 0 Å². The molecule has 1 amide bonds. The molecular weight excluding hydrogens is 349 g/mol. The van der Waals surface area contributed by atoms with E-state index in [0.717, 1.165) is 0 Å². The van der Waals surface area contributed by atoms with Crippen LogP contribution in [0.5, 0.6) is 0 Å². The lowest BCUT2D eigenvalue weighted by atomic mass is 10.1. The summed E-state index contributed by atoms with van der Waals surface area (Å²) in [6.45, 7) is 6.44. The maximum Gasteiger partial charge on any atom is 0.408 e. The predicted molar refractivity (Wildman–Crippen MR) is 90.6 cm³/mol. The van der Waals surface area contributed by atoms with Crippen molar-refractivity contribution in [3.8, 4) is 0 Å². The van der Waals surface area contributed by atoms with Gasteiger partial charge in [-0.05, 0) is 38.5 Å². The van der Waals surface area contributed by atoms with Gasteiger partial charge in [-0.25, -0.2) is 17.6 Å². The lowest BCUT2D eigenvalue weighted by Gasteiger charge is -2.22. The minimum Gasteiger partial charge on any atom is -0.444 e. The summed E-state index contributed by atoms with van der Waals surface area (Å²) in [4.78, 5) is 23.9. The monoisotopic (exact) mass is 371 g/mol. The van der Waals surface area contributed by atoms with Crippen LogP contribution in [0.15, 0.2) is 24.3 Å². The minimum atomic E-state index is -3.64. The minimum absolute atomic E-state index is 0.180. The first-order chi connectivity index (χ1) is 11.5. The first kappa shape index (κ1) is 19.4. The molecule has 3 atom stereocenters. The van der Waals surface area contributed by atoms with E-state index in [0.29, 0.717) is 11.8 Å². The van der Waals surface area contributed by atoms with Crippen molar-refractivity contribution in [2.24, 2.45) is 0 Å². The molecule has 0 spiro atoms. The van der Waals surface area contributed by atoms with E-state index in [-0.39, 0.29) is 5.75 Å². The van der Waals surface area contributed by atoms with Crippen LogP contribution >= 0.6 is 0 Å². The summed E-state index contributed by atoms with van der Waals surface area (Å²) in [5.41, 5.74) is -1.95. The fraction of sp³-hybridized carbons (Fsp3) is 0.529. The maximum absolute atomic E-state index is 13.2. The Morgan fingerprint density at radius 2 is 1.88 bits per heavy atom. The predicted octanol–water partition coefficient (Wildman–Crippen LogP) is 2.19. The molecule has 1 saturated carbocycles. The highest BCUT2D eigenvalue weighted by atomic mass is 32.2. The molecule has 0 aromatic heterocycles. The number of nitrogens with one attached hydrogen (secondary N) is 1. The number of hydrogen-bond acceptors (Lipinski definition) is 5. The second kappa shape index (κ2) is 6.40. The van der Waals surface area contributed by atoms with E-state index >= 15 is 0 Å². The zero-order valence-electron chi connectivity index (χ0n) is 14.6. The van der Waals surface area contributed by atoms with Crippen molar-refractivity contribution < 1.29 is 27.1 Å². The van der Waals surface area contributed by atoms with Gasteiger partial charge in [0.25, 0.3) is 0 Å². The molecule has 1 fully saturated rings. The van der Waals surface area contributed by atoms with Gasteiger partial charge in [-0.1, -0.05) is 19.1 Å². The first-order valence-electron chi connectivity index (χ1n) is 7.91. The lowest BCUT2D eigenvalue weighted by Crippen LogP contribution is -2.45. The quantitative estimate of drug-likeness (QED) is 0.802. The number of aldehydes is 1. The van der Waals surface area contributed by atoms with Gasteiger partial charge in [0.2, 0.25) is 0 Å². The Balaban J connectivity index is 2.40. The molecule has 0 aliphatic heterocycles. The molecule has 1 aromatic carbocycles. The molecule has 0 saturated heterocycles. The van der Waals surface area contributed by atoms with E-state index in [1.165, 1.54) is 31.2 Å². The van der Waals surface area contributed by atoms with Crippen molar-refractivity contribution in [2.45, 2.75) is 50.0 Å². The molecular formula is C17H22FNO5S. The van der Waals surface area contributed by atoms with Gasteiger partial charge in [0.15, 0.2) is 9.84 Å². The van der Waals surface area contributed by atoms with Crippen molar-refractivity contribution >= 4 is 22.2 Å².